The van der Waals surface area contributed by atoms with Crippen molar-refractivity contribution in [2.45, 2.75) is 13.3 Å². The van der Waals surface area contributed by atoms with Gasteiger partial charge >= 0.3 is 5.97 Å². The minimum Gasteiger partial charge on any atom is -0.465 e. The molecule has 0 saturated carbocycles. The lowest BCUT2D eigenvalue weighted by atomic mass is 10.1. The number of ether oxygens (including phenoxy) is 1. The standard InChI is InChI=1S/C15H11BrClNO2/c1-7-3-8-4-10-11(15(19)20-2)6-13(16)18-14(10)9(8)5-12(7)17/h3,5-6H,4H2,1-2H3. The zero-order valence-electron chi connectivity index (χ0n) is 11.0. The molecule has 1 aromatic heterocycles. The lowest BCUT2D eigenvalue weighted by molar-refractivity contribution is 0.0599. The highest BCUT2D eigenvalue weighted by atomic mass is 79.9. The first-order valence-electron chi connectivity index (χ1n) is 6.08. The molecule has 0 fully saturated rings. The maximum atomic E-state index is 11.9. The number of hydrogen-bond donors (Lipinski definition) is 0. The van der Waals surface area contributed by atoms with Crippen LogP contribution in [0.25, 0.3) is 11.3 Å². The van der Waals surface area contributed by atoms with Crippen molar-refractivity contribution >= 4 is 33.5 Å². The number of aromatic nitrogens is 1. The minimum atomic E-state index is -0.347. The van der Waals surface area contributed by atoms with Gasteiger partial charge in [-0.1, -0.05) is 17.7 Å². The Bertz CT molecular complexity index is 743. The molecule has 2 aromatic rings. The number of methoxy groups -OCH3 is 1. The van der Waals surface area contributed by atoms with Crippen LogP contribution in [0.5, 0.6) is 0 Å². The van der Waals surface area contributed by atoms with Crippen LogP contribution < -0.4 is 0 Å². The van der Waals surface area contributed by atoms with Crippen molar-refractivity contribution in [3.05, 3.63) is 50.1 Å². The Kier molecular flexibility index (Phi) is 3.30. The molecule has 0 N–H and O–H groups in total. The third kappa shape index (κ3) is 2.03. The van der Waals surface area contributed by atoms with Crippen molar-refractivity contribution in [3.8, 4) is 11.3 Å². The van der Waals surface area contributed by atoms with E-state index in [9.17, 15) is 4.79 Å². The highest BCUT2D eigenvalue weighted by molar-refractivity contribution is 9.10. The summed E-state index contributed by atoms with van der Waals surface area (Å²) in [7, 11) is 1.38. The van der Waals surface area contributed by atoms with Crippen molar-refractivity contribution < 1.29 is 9.53 Å². The van der Waals surface area contributed by atoms with Crippen LogP contribution in [0.2, 0.25) is 5.02 Å². The summed E-state index contributed by atoms with van der Waals surface area (Å²) in [6.07, 6.45) is 0.674. The van der Waals surface area contributed by atoms with Crippen molar-refractivity contribution in [2.75, 3.05) is 7.11 Å². The molecule has 3 rings (SSSR count). The molecule has 0 radical (unpaired) electrons. The van der Waals surface area contributed by atoms with Crippen LogP contribution >= 0.6 is 27.5 Å². The van der Waals surface area contributed by atoms with Gasteiger partial charge in [-0.25, -0.2) is 9.78 Å². The van der Waals surface area contributed by atoms with Gasteiger partial charge in [0.2, 0.25) is 0 Å². The summed E-state index contributed by atoms with van der Waals surface area (Å²) in [6, 6.07) is 5.66. The molecule has 0 atom stereocenters. The van der Waals surface area contributed by atoms with E-state index >= 15 is 0 Å². The van der Waals surface area contributed by atoms with E-state index in [1.54, 1.807) is 6.07 Å². The maximum Gasteiger partial charge on any atom is 0.338 e. The third-order valence-corrected chi connectivity index (χ3v) is 4.32. The topological polar surface area (TPSA) is 39.2 Å². The Labute approximate surface area is 130 Å². The zero-order valence-corrected chi connectivity index (χ0v) is 13.3. The molecule has 0 unspecified atom stereocenters. The SMILES string of the molecule is COC(=O)c1cc(Br)nc2c1Cc1cc(C)c(Cl)cc1-2. The molecular formula is C15H11BrClNO2. The fourth-order valence-electron chi connectivity index (χ4n) is 2.53. The number of benzene rings is 1. The third-order valence-electron chi connectivity index (χ3n) is 3.51. The van der Waals surface area contributed by atoms with Crippen LogP contribution in [0.4, 0.5) is 0 Å². The molecule has 0 amide bonds. The van der Waals surface area contributed by atoms with Crippen molar-refractivity contribution in [1.29, 1.82) is 0 Å². The molecule has 3 nitrogen and oxygen atoms in total. The summed E-state index contributed by atoms with van der Waals surface area (Å²) in [5, 5.41) is 0.706. The van der Waals surface area contributed by atoms with Crippen LogP contribution in [0.15, 0.2) is 22.8 Å². The molecule has 1 heterocycles. The normalized spacial score (nSPS) is 12.0. The number of halogens is 2. The van der Waals surface area contributed by atoms with Gasteiger partial charge in [0.15, 0.2) is 0 Å². The summed E-state index contributed by atoms with van der Waals surface area (Å²) in [5.74, 6) is -0.347. The van der Waals surface area contributed by atoms with Gasteiger partial charge in [0.1, 0.15) is 4.60 Å². The van der Waals surface area contributed by atoms with Crippen LogP contribution in [0, 0.1) is 6.92 Å². The predicted octanol–water partition coefficient (Wildman–Crippen LogP) is 4.16. The molecule has 1 aliphatic carbocycles. The van der Waals surface area contributed by atoms with E-state index in [0.717, 1.165) is 27.9 Å². The number of aryl methyl sites for hydroxylation is 1. The number of fused-ring (bicyclic) bond motifs is 3. The summed E-state index contributed by atoms with van der Waals surface area (Å²) in [5.41, 5.74) is 5.40. The Morgan fingerprint density at radius 3 is 2.85 bits per heavy atom. The number of carbonyl (C=O) groups is 1. The van der Waals surface area contributed by atoms with Gasteiger partial charge in [-0.05, 0) is 51.7 Å². The van der Waals surface area contributed by atoms with Gasteiger partial charge in [-0.2, -0.15) is 0 Å². The van der Waals surface area contributed by atoms with Gasteiger partial charge in [0, 0.05) is 17.0 Å². The number of pyridine rings is 1. The number of rotatable bonds is 1. The first-order chi connectivity index (χ1) is 9.51. The molecule has 0 bridgehead atoms. The van der Waals surface area contributed by atoms with Crippen molar-refractivity contribution in [2.24, 2.45) is 0 Å². The summed E-state index contributed by atoms with van der Waals surface area (Å²) in [4.78, 5) is 16.4. The molecule has 0 saturated heterocycles. The molecule has 1 aromatic carbocycles. The fraction of sp³-hybridized carbons (Fsp3) is 0.200. The second-order valence-corrected chi connectivity index (χ2v) is 5.97. The summed E-state index contributed by atoms with van der Waals surface area (Å²) in [6.45, 7) is 1.97. The second-order valence-electron chi connectivity index (χ2n) is 4.75. The van der Waals surface area contributed by atoms with Crippen molar-refractivity contribution in [3.63, 3.8) is 0 Å². The summed E-state index contributed by atoms with van der Waals surface area (Å²) < 4.78 is 5.46. The lowest BCUT2D eigenvalue weighted by Crippen LogP contribution is -2.06. The Balaban J connectivity index is 2.26. The molecule has 20 heavy (non-hydrogen) atoms. The average Bonchev–Trinajstić information content (AvgIpc) is 2.75. The Morgan fingerprint density at radius 1 is 1.40 bits per heavy atom. The molecule has 5 heteroatoms. The summed E-state index contributed by atoms with van der Waals surface area (Å²) >= 11 is 9.54. The molecule has 0 aliphatic heterocycles. The van der Waals surface area contributed by atoms with Crippen LogP contribution in [0.1, 0.15) is 27.0 Å². The minimum absolute atomic E-state index is 0.347. The van der Waals surface area contributed by atoms with Gasteiger partial charge in [0.05, 0.1) is 18.4 Å². The zero-order chi connectivity index (χ0) is 14.4. The van der Waals surface area contributed by atoms with Crippen LogP contribution in [-0.2, 0) is 11.2 Å². The van der Waals surface area contributed by atoms with E-state index in [-0.39, 0.29) is 5.97 Å². The van der Waals surface area contributed by atoms with E-state index in [1.165, 1.54) is 7.11 Å². The Morgan fingerprint density at radius 2 is 2.15 bits per heavy atom. The Hall–Kier alpha value is -1.39. The lowest BCUT2D eigenvalue weighted by Gasteiger charge is -2.07. The molecular weight excluding hydrogens is 342 g/mol. The van der Waals surface area contributed by atoms with Gasteiger partial charge in [-0.3, -0.25) is 0 Å². The average molecular weight is 353 g/mol. The van der Waals surface area contributed by atoms with Crippen LogP contribution in [0.3, 0.4) is 0 Å². The number of esters is 1. The highest BCUT2D eigenvalue weighted by Gasteiger charge is 2.27. The number of nitrogens with zero attached hydrogens (tertiary/aromatic N) is 1. The van der Waals surface area contributed by atoms with Gasteiger partial charge < -0.3 is 4.74 Å². The molecule has 1 aliphatic rings. The number of hydrogen-bond acceptors (Lipinski definition) is 3. The van der Waals surface area contributed by atoms with E-state index < -0.39 is 0 Å². The van der Waals surface area contributed by atoms with E-state index in [1.807, 2.05) is 19.1 Å². The van der Waals surface area contributed by atoms with E-state index in [2.05, 4.69) is 20.9 Å². The van der Waals surface area contributed by atoms with Crippen LogP contribution in [-0.4, -0.2) is 18.1 Å². The predicted molar refractivity (Wildman–Crippen MR) is 81.3 cm³/mol. The van der Waals surface area contributed by atoms with E-state index in [0.29, 0.717) is 21.6 Å². The molecule has 0 spiro atoms. The monoisotopic (exact) mass is 351 g/mol. The quantitative estimate of drug-likeness (QED) is 0.487. The fourth-order valence-corrected chi connectivity index (χ4v) is 3.10. The van der Waals surface area contributed by atoms with Gasteiger partial charge in [0.25, 0.3) is 0 Å². The van der Waals surface area contributed by atoms with E-state index in [4.69, 9.17) is 16.3 Å². The smallest absolute Gasteiger partial charge is 0.338 e. The first kappa shape index (κ1) is 13.6. The second kappa shape index (κ2) is 4.86. The largest absolute Gasteiger partial charge is 0.465 e. The van der Waals surface area contributed by atoms with Crippen molar-refractivity contribution in [1.82, 2.24) is 4.98 Å². The number of carbonyl (C=O) groups excluding carboxylic acids is 1. The first-order valence-corrected chi connectivity index (χ1v) is 7.25. The van der Waals surface area contributed by atoms with Gasteiger partial charge in [-0.15, -0.1) is 0 Å². The maximum absolute atomic E-state index is 11.9. The molecule has 102 valence electrons. The highest BCUT2D eigenvalue weighted by Crippen LogP contribution is 2.40.